The summed E-state index contributed by atoms with van der Waals surface area (Å²) >= 11 is 0. The first-order valence-corrected chi connectivity index (χ1v) is 8.87. The predicted molar refractivity (Wildman–Crippen MR) is 79.2 cm³/mol. The lowest BCUT2D eigenvalue weighted by Crippen LogP contribution is -2.51. The van der Waals surface area contributed by atoms with Crippen molar-refractivity contribution in [1.29, 1.82) is 0 Å². The molecule has 2 aliphatic carbocycles. The minimum Gasteiger partial charge on any atom is -0.312 e. The van der Waals surface area contributed by atoms with Crippen LogP contribution in [0.15, 0.2) is 0 Å². The van der Waals surface area contributed by atoms with Gasteiger partial charge in [0.1, 0.15) is 0 Å². The van der Waals surface area contributed by atoms with Crippen LogP contribution in [0.25, 0.3) is 0 Å². The standard InChI is InChI=1S/C17H30N2/c1-2-9-19(17(5-1)16-4-3-8-18-16)12-15-11-13-6-7-14(15)10-13/h13-18H,1-12H2. The van der Waals surface area contributed by atoms with Gasteiger partial charge in [-0.15, -0.1) is 0 Å². The van der Waals surface area contributed by atoms with Gasteiger partial charge in [-0.05, 0) is 75.8 Å². The molecule has 2 saturated heterocycles. The normalized spacial score (nSPS) is 47.1. The van der Waals surface area contributed by atoms with Gasteiger partial charge in [0.15, 0.2) is 0 Å². The number of hydrogen-bond acceptors (Lipinski definition) is 2. The largest absolute Gasteiger partial charge is 0.312 e. The Hall–Kier alpha value is -0.0800. The number of fused-ring (bicyclic) bond motifs is 2. The zero-order valence-corrected chi connectivity index (χ0v) is 12.3. The van der Waals surface area contributed by atoms with Crippen molar-refractivity contribution >= 4 is 0 Å². The number of nitrogens with one attached hydrogen (secondary N) is 1. The molecular weight excluding hydrogens is 232 g/mol. The molecule has 5 unspecified atom stereocenters. The lowest BCUT2D eigenvalue weighted by molar-refractivity contribution is 0.0870. The number of piperidine rings is 1. The molecule has 2 heteroatoms. The lowest BCUT2D eigenvalue weighted by Gasteiger charge is -2.41. The van der Waals surface area contributed by atoms with Crippen molar-refractivity contribution in [3.05, 3.63) is 0 Å². The fourth-order valence-electron chi connectivity index (χ4n) is 5.64. The van der Waals surface area contributed by atoms with Gasteiger partial charge in [-0.3, -0.25) is 4.90 Å². The molecule has 2 saturated carbocycles. The van der Waals surface area contributed by atoms with Crippen LogP contribution in [0.5, 0.6) is 0 Å². The molecule has 2 heterocycles. The van der Waals surface area contributed by atoms with E-state index < -0.39 is 0 Å². The molecule has 4 aliphatic rings. The molecule has 0 aromatic heterocycles. The molecule has 0 spiro atoms. The summed E-state index contributed by atoms with van der Waals surface area (Å²) in [6, 6.07) is 1.69. The molecule has 1 N–H and O–H groups in total. The highest BCUT2D eigenvalue weighted by Gasteiger charge is 2.41. The quantitative estimate of drug-likeness (QED) is 0.841. The van der Waals surface area contributed by atoms with Gasteiger partial charge in [-0.25, -0.2) is 0 Å². The molecule has 2 nitrogen and oxygen atoms in total. The van der Waals surface area contributed by atoms with Crippen LogP contribution in [0.1, 0.15) is 57.8 Å². The van der Waals surface area contributed by atoms with Crippen molar-refractivity contribution < 1.29 is 0 Å². The maximum absolute atomic E-state index is 3.77. The van der Waals surface area contributed by atoms with Crippen molar-refractivity contribution in [2.24, 2.45) is 17.8 Å². The minimum absolute atomic E-state index is 0.818. The maximum Gasteiger partial charge on any atom is 0.0249 e. The third kappa shape index (κ3) is 2.47. The third-order valence-corrected chi connectivity index (χ3v) is 6.58. The molecular formula is C17H30N2. The van der Waals surface area contributed by atoms with E-state index in [1.807, 2.05) is 0 Å². The number of hydrogen-bond donors (Lipinski definition) is 1. The van der Waals surface area contributed by atoms with Gasteiger partial charge in [0.25, 0.3) is 0 Å². The minimum atomic E-state index is 0.818. The number of nitrogens with zero attached hydrogens (tertiary/aromatic N) is 1. The van der Waals surface area contributed by atoms with Crippen molar-refractivity contribution in [1.82, 2.24) is 10.2 Å². The summed E-state index contributed by atoms with van der Waals surface area (Å²) in [5.74, 6) is 3.27. The molecule has 0 aromatic rings. The fourth-order valence-corrected chi connectivity index (χ4v) is 5.64. The number of likely N-dealkylation sites (tertiary alicyclic amines) is 1. The Morgan fingerprint density at radius 2 is 1.95 bits per heavy atom. The number of rotatable bonds is 3. The zero-order chi connectivity index (χ0) is 12.7. The van der Waals surface area contributed by atoms with Gasteiger partial charge in [-0.1, -0.05) is 12.8 Å². The van der Waals surface area contributed by atoms with E-state index in [2.05, 4.69) is 10.2 Å². The van der Waals surface area contributed by atoms with E-state index in [1.54, 1.807) is 25.7 Å². The zero-order valence-electron chi connectivity index (χ0n) is 12.3. The molecule has 4 fully saturated rings. The SMILES string of the molecule is C1CNC(C2CCCCN2CC2CC3CCC2C3)C1. The first kappa shape index (κ1) is 12.6. The van der Waals surface area contributed by atoms with E-state index in [-0.39, 0.29) is 0 Å². The summed E-state index contributed by atoms with van der Waals surface area (Å²) in [7, 11) is 0. The Balaban J connectivity index is 1.40. The Bertz CT molecular complexity index is 310. The molecule has 19 heavy (non-hydrogen) atoms. The highest BCUT2D eigenvalue weighted by molar-refractivity contribution is 4.95. The molecule has 0 aromatic carbocycles. The summed E-state index contributed by atoms with van der Waals surface area (Å²) < 4.78 is 0. The highest BCUT2D eigenvalue weighted by Crippen LogP contribution is 2.48. The second kappa shape index (κ2) is 5.37. The smallest absolute Gasteiger partial charge is 0.0249 e. The lowest BCUT2D eigenvalue weighted by atomic mass is 9.86. The van der Waals surface area contributed by atoms with Gasteiger partial charge in [0.05, 0.1) is 0 Å². The van der Waals surface area contributed by atoms with Crippen LogP contribution in [-0.4, -0.2) is 36.6 Å². The van der Waals surface area contributed by atoms with Crippen molar-refractivity contribution in [2.75, 3.05) is 19.6 Å². The summed E-state index contributed by atoms with van der Waals surface area (Å²) in [5.41, 5.74) is 0. The van der Waals surface area contributed by atoms with Crippen molar-refractivity contribution in [3.8, 4) is 0 Å². The molecule has 5 atom stereocenters. The Morgan fingerprint density at radius 3 is 2.68 bits per heavy atom. The van der Waals surface area contributed by atoms with E-state index in [0.29, 0.717) is 0 Å². The van der Waals surface area contributed by atoms with Gasteiger partial charge in [0, 0.05) is 18.6 Å². The van der Waals surface area contributed by atoms with Crippen LogP contribution in [-0.2, 0) is 0 Å². The van der Waals surface area contributed by atoms with Crippen LogP contribution in [0, 0.1) is 17.8 Å². The summed E-state index contributed by atoms with van der Waals surface area (Å²) in [6.07, 6.45) is 13.4. The molecule has 108 valence electrons. The Kier molecular flexibility index (Phi) is 3.57. The second-order valence-corrected chi connectivity index (χ2v) is 7.70. The fraction of sp³-hybridized carbons (Fsp3) is 1.00. The van der Waals surface area contributed by atoms with E-state index in [9.17, 15) is 0 Å². The molecule has 0 radical (unpaired) electrons. The van der Waals surface area contributed by atoms with E-state index >= 15 is 0 Å². The molecule has 0 amide bonds. The average molecular weight is 262 g/mol. The summed E-state index contributed by atoms with van der Waals surface area (Å²) in [6.45, 7) is 4.09. The van der Waals surface area contributed by atoms with E-state index in [0.717, 1.165) is 29.8 Å². The Labute approximate surface area is 118 Å². The summed E-state index contributed by atoms with van der Waals surface area (Å²) in [5, 5.41) is 3.77. The van der Waals surface area contributed by atoms with Gasteiger partial charge < -0.3 is 5.32 Å². The first-order valence-electron chi connectivity index (χ1n) is 8.87. The average Bonchev–Trinajstić information content (AvgIpc) is 3.17. The van der Waals surface area contributed by atoms with Crippen LogP contribution in [0.3, 0.4) is 0 Å². The second-order valence-electron chi connectivity index (χ2n) is 7.70. The van der Waals surface area contributed by atoms with Crippen molar-refractivity contribution in [2.45, 2.75) is 69.9 Å². The molecule has 2 bridgehead atoms. The summed E-state index contributed by atoms with van der Waals surface area (Å²) in [4.78, 5) is 2.90. The van der Waals surface area contributed by atoms with Gasteiger partial charge >= 0.3 is 0 Å². The van der Waals surface area contributed by atoms with Crippen LogP contribution < -0.4 is 5.32 Å². The van der Waals surface area contributed by atoms with Crippen LogP contribution in [0.2, 0.25) is 0 Å². The molecule has 2 aliphatic heterocycles. The van der Waals surface area contributed by atoms with Gasteiger partial charge in [0.2, 0.25) is 0 Å². The third-order valence-electron chi connectivity index (χ3n) is 6.58. The first-order chi connectivity index (χ1) is 9.40. The highest BCUT2D eigenvalue weighted by atomic mass is 15.2. The van der Waals surface area contributed by atoms with Crippen LogP contribution >= 0.6 is 0 Å². The van der Waals surface area contributed by atoms with Crippen molar-refractivity contribution in [3.63, 3.8) is 0 Å². The predicted octanol–water partition coefficient (Wildman–Crippen LogP) is 3.03. The Morgan fingerprint density at radius 1 is 0.947 bits per heavy atom. The van der Waals surface area contributed by atoms with Gasteiger partial charge in [-0.2, -0.15) is 0 Å². The monoisotopic (exact) mass is 262 g/mol. The topological polar surface area (TPSA) is 15.3 Å². The van der Waals surface area contributed by atoms with Crippen LogP contribution in [0.4, 0.5) is 0 Å². The van der Waals surface area contributed by atoms with E-state index in [1.165, 1.54) is 51.7 Å². The molecule has 4 rings (SSSR count). The van der Waals surface area contributed by atoms with E-state index in [4.69, 9.17) is 0 Å². The maximum atomic E-state index is 3.77.